The fourth-order valence-corrected chi connectivity index (χ4v) is 3.49. The van der Waals surface area contributed by atoms with Crippen LogP contribution in [0, 0.1) is 0 Å². The van der Waals surface area contributed by atoms with Crippen LogP contribution in [-0.2, 0) is 17.9 Å². The Hall–Kier alpha value is -2.99. The zero-order valence-electron chi connectivity index (χ0n) is 18.6. The van der Waals surface area contributed by atoms with Gasteiger partial charge in [0.25, 0.3) is 0 Å². The lowest BCUT2D eigenvalue weighted by Crippen LogP contribution is -2.44. The van der Waals surface area contributed by atoms with Crippen LogP contribution in [0.4, 0.5) is 0 Å². The fraction of sp³-hybridized carbons (Fsp3) is 0.296. The monoisotopic (exact) mass is 432 g/mol. The van der Waals surface area contributed by atoms with Crippen molar-refractivity contribution in [3.05, 3.63) is 95.6 Å². The fourth-order valence-electron chi connectivity index (χ4n) is 3.49. The Kier molecular flexibility index (Phi) is 8.56. The summed E-state index contributed by atoms with van der Waals surface area (Å²) in [5.74, 6) is 0. The summed E-state index contributed by atoms with van der Waals surface area (Å²) in [6, 6.07) is 26.7. The first kappa shape index (κ1) is 23.7. The lowest BCUT2D eigenvalue weighted by atomic mass is 9.90. The van der Waals surface area contributed by atoms with E-state index in [2.05, 4.69) is 41.6 Å². The van der Waals surface area contributed by atoms with Crippen LogP contribution < -0.4 is 5.73 Å². The first-order valence-corrected chi connectivity index (χ1v) is 10.9. The molecule has 3 aromatic carbocycles. The molecule has 0 spiro atoms. The molecule has 0 saturated carbocycles. The Bertz CT molecular complexity index is 986. The molecule has 0 heterocycles. The third-order valence-corrected chi connectivity index (χ3v) is 5.70. The molecule has 0 aliphatic rings. The Labute approximate surface area is 190 Å². The summed E-state index contributed by atoms with van der Waals surface area (Å²) >= 11 is 0. The normalized spacial score (nSPS) is 13.6. The zero-order valence-corrected chi connectivity index (χ0v) is 18.6. The highest BCUT2D eigenvalue weighted by molar-refractivity contribution is 5.98. The summed E-state index contributed by atoms with van der Waals surface area (Å²) in [7, 11) is 0. The van der Waals surface area contributed by atoms with E-state index in [0.29, 0.717) is 19.4 Å². The van der Waals surface area contributed by atoms with Gasteiger partial charge in [0.1, 0.15) is 6.61 Å². The molecule has 0 bridgehead atoms. The second-order valence-electron chi connectivity index (χ2n) is 8.20. The first-order valence-electron chi connectivity index (χ1n) is 10.9. The van der Waals surface area contributed by atoms with Gasteiger partial charge in [-0.3, -0.25) is 0 Å². The van der Waals surface area contributed by atoms with E-state index in [-0.39, 0.29) is 13.2 Å². The van der Waals surface area contributed by atoms with Crippen LogP contribution in [0.3, 0.4) is 0 Å². The molecular formula is C27H32N2O3. The molecule has 5 nitrogen and oxygen atoms in total. The van der Waals surface area contributed by atoms with Gasteiger partial charge in [0.05, 0.1) is 12.3 Å². The van der Waals surface area contributed by atoms with Gasteiger partial charge >= 0.3 is 0 Å². The van der Waals surface area contributed by atoms with Crippen LogP contribution in [-0.4, -0.2) is 34.7 Å². The Balaban J connectivity index is 1.51. The van der Waals surface area contributed by atoms with E-state index in [4.69, 9.17) is 15.7 Å². The van der Waals surface area contributed by atoms with Crippen LogP contribution in [0.2, 0.25) is 0 Å². The molecule has 4 N–H and O–H groups in total. The van der Waals surface area contributed by atoms with Crippen molar-refractivity contribution in [3.8, 4) is 11.1 Å². The summed E-state index contributed by atoms with van der Waals surface area (Å²) in [4.78, 5) is 5.57. The molecule has 32 heavy (non-hydrogen) atoms. The number of aliphatic hydroxyl groups excluding tert-OH is 2. The zero-order chi connectivity index (χ0) is 22.8. The molecule has 1 unspecified atom stereocenters. The molecule has 0 aliphatic heterocycles. The summed E-state index contributed by atoms with van der Waals surface area (Å²) in [5.41, 5.74) is 11.7. The Morgan fingerprint density at radius 2 is 1.47 bits per heavy atom. The summed E-state index contributed by atoms with van der Waals surface area (Å²) in [6.45, 7) is 2.17. The highest BCUT2D eigenvalue weighted by atomic mass is 16.6. The number of aryl methyl sites for hydroxylation is 1. The van der Waals surface area contributed by atoms with Gasteiger partial charge in [0.2, 0.25) is 0 Å². The van der Waals surface area contributed by atoms with Gasteiger partial charge in [0.15, 0.2) is 0 Å². The molecule has 5 heteroatoms. The van der Waals surface area contributed by atoms with E-state index in [1.807, 2.05) is 49.4 Å². The van der Waals surface area contributed by atoms with Crippen LogP contribution in [0.1, 0.15) is 36.5 Å². The molecule has 0 aromatic heterocycles. The minimum atomic E-state index is -0.738. The van der Waals surface area contributed by atoms with E-state index in [1.165, 1.54) is 11.1 Å². The summed E-state index contributed by atoms with van der Waals surface area (Å²) < 4.78 is 0. The van der Waals surface area contributed by atoms with E-state index < -0.39 is 5.54 Å². The van der Waals surface area contributed by atoms with Gasteiger partial charge in [-0.2, -0.15) is 0 Å². The molecule has 0 aliphatic carbocycles. The van der Waals surface area contributed by atoms with E-state index >= 15 is 0 Å². The first-order chi connectivity index (χ1) is 15.5. The van der Waals surface area contributed by atoms with Crippen molar-refractivity contribution in [3.63, 3.8) is 0 Å². The van der Waals surface area contributed by atoms with Crippen molar-refractivity contribution < 1.29 is 15.1 Å². The average Bonchev–Trinajstić information content (AvgIpc) is 2.84. The maximum absolute atomic E-state index is 9.48. The number of aliphatic hydroxyl groups is 2. The van der Waals surface area contributed by atoms with E-state index in [9.17, 15) is 5.11 Å². The maximum Gasteiger partial charge on any atom is 0.142 e. The number of nitrogens with two attached hydrogens (primary N) is 1. The van der Waals surface area contributed by atoms with Crippen molar-refractivity contribution in [1.29, 1.82) is 0 Å². The minimum Gasteiger partial charge on any atom is -0.396 e. The van der Waals surface area contributed by atoms with Crippen LogP contribution in [0.15, 0.2) is 84.0 Å². The number of oxime groups is 1. The number of benzene rings is 3. The maximum atomic E-state index is 9.48. The average molecular weight is 433 g/mol. The molecule has 168 valence electrons. The van der Waals surface area contributed by atoms with Crippen molar-refractivity contribution >= 4 is 5.71 Å². The smallest absolute Gasteiger partial charge is 0.142 e. The largest absolute Gasteiger partial charge is 0.396 e. The van der Waals surface area contributed by atoms with Crippen molar-refractivity contribution in [2.45, 2.75) is 38.3 Å². The summed E-state index contributed by atoms with van der Waals surface area (Å²) in [6.07, 6.45) is 1.74. The van der Waals surface area contributed by atoms with E-state index in [0.717, 1.165) is 28.8 Å². The van der Waals surface area contributed by atoms with Gasteiger partial charge in [0, 0.05) is 12.1 Å². The van der Waals surface area contributed by atoms with Gasteiger partial charge in [-0.15, -0.1) is 0 Å². The third-order valence-electron chi connectivity index (χ3n) is 5.70. The SMILES string of the molecule is C/C(=N\OCc1ccc(-c2ccccc2)cc1)c1ccc(CCC(N)(CO)CCO)cc1. The topological polar surface area (TPSA) is 88.1 Å². The van der Waals surface area contributed by atoms with Crippen molar-refractivity contribution in [2.24, 2.45) is 10.9 Å². The highest BCUT2D eigenvalue weighted by Crippen LogP contribution is 2.20. The standard InChI is InChI=1S/C27H32N2O3/c1-21(24-11-7-22(8-12-24)15-16-27(28,20-31)17-18-30)29-32-19-23-9-13-26(14-10-23)25-5-3-2-4-6-25/h2-14,30-31H,15-20,28H2,1H3/b29-21+. The third kappa shape index (κ3) is 6.76. The predicted octanol–water partition coefficient (Wildman–Crippen LogP) is 4.30. The number of rotatable bonds is 11. The van der Waals surface area contributed by atoms with Crippen LogP contribution in [0.25, 0.3) is 11.1 Å². The van der Waals surface area contributed by atoms with Gasteiger partial charge < -0.3 is 20.8 Å². The van der Waals surface area contributed by atoms with Crippen LogP contribution >= 0.6 is 0 Å². The Morgan fingerprint density at radius 1 is 0.844 bits per heavy atom. The molecule has 3 aromatic rings. The number of hydrogen-bond acceptors (Lipinski definition) is 5. The number of hydrogen-bond donors (Lipinski definition) is 3. The van der Waals surface area contributed by atoms with Gasteiger partial charge in [-0.05, 0) is 54.0 Å². The molecule has 1 atom stereocenters. The molecule has 0 amide bonds. The minimum absolute atomic E-state index is 0.0250. The second kappa shape index (κ2) is 11.6. The van der Waals surface area contributed by atoms with E-state index in [1.54, 1.807) is 0 Å². The predicted molar refractivity (Wildman–Crippen MR) is 129 cm³/mol. The quantitative estimate of drug-likeness (QED) is 0.311. The number of nitrogens with zero attached hydrogens (tertiary/aromatic N) is 1. The second-order valence-corrected chi connectivity index (χ2v) is 8.20. The van der Waals surface area contributed by atoms with Gasteiger partial charge in [-0.1, -0.05) is 84.0 Å². The molecular weight excluding hydrogens is 400 g/mol. The lowest BCUT2D eigenvalue weighted by Gasteiger charge is -2.26. The molecule has 3 rings (SSSR count). The van der Waals surface area contributed by atoms with Crippen molar-refractivity contribution in [1.82, 2.24) is 0 Å². The highest BCUT2D eigenvalue weighted by Gasteiger charge is 2.22. The van der Waals surface area contributed by atoms with Crippen molar-refractivity contribution in [2.75, 3.05) is 13.2 Å². The Morgan fingerprint density at radius 3 is 2.09 bits per heavy atom. The lowest BCUT2D eigenvalue weighted by molar-refractivity contribution is 0.130. The van der Waals surface area contributed by atoms with Crippen LogP contribution in [0.5, 0.6) is 0 Å². The molecule has 0 radical (unpaired) electrons. The molecule has 0 fully saturated rings. The molecule has 0 saturated heterocycles. The summed E-state index contributed by atoms with van der Waals surface area (Å²) in [5, 5.41) is 22.8. The van der Waals surface area contributed by atoms with Gasteiger partial charge in [-0.25, -0.2) is 0 Å².